The Morgan fingerprint density at radius 1 is 0.867 bits per heavy atom. The Morgan fingerprint density at radius 3 is 2.20 bits per heavy atom. The van der Waals surface area contributed by atoms with Crippen LogP contribution in [0.2, 0.25) is 0 Å². The van der Waals surface area contributed by atoms with Crippen molar-refractivity contribution in [3.63, 3.8) is 0 Å². The molecule has 0 N–H and O–H groups in total. The second-order valence-corrected chi connectivity index (χ2v) is 7.95. The van der Waals surface area contributed by atoms with Gasteiger partial charge in [0.15, 0.2) is 0 Å². The van der Waals surface area contributed by atoms with Crippen LogP contribution in [-0.4, -0.2) is 43.0 Å². The summed E-state index contributed by atoms with van der Waals surface area (Å²) in [5, 5.41) is 6.95. The van der Waals surface area contributed by atoms with Gasteiger partial charge in [0.25, 0.3) is 0 Å². The van der Waals surface area contributed by atoms with E-state index >= 15 is 0 Å². The van der Waals surface area contributed by atoms with Crippen LogP contribution >= 0.6 is 0 Å². The first-order valence-corrected chi connectivity index (χ1v) is 10.6. The van der Waals surface area contributed by atoms with Gasteiger partial charge in [0.2, 0.25) is 0 Å². The number of fused-ring (bicyclic) bond motifs is 1. The summed E-state index contributed by atoms with van der Waals surface area (Å²) in [5.41, 5.74) is 2.88. The van der Waals surface area contributed by atoms with Crippen molar-refractivity contribution in [2.75, 3.05) is 20.3 Å². The van der Waals surface area contributed by atoms with Gasteiger partial charge in [0, 0.05) is 29.8 Å². The summed E-state index contributed by atoms with van der Waals surface area (Å²) < 4.78 is 5.32. The second-order valence-electron chi connectivity index (χ2n) is 7.95. The number of ether oxygens (including phenoxy) is 1. The molecule has 0 fully saturated rings. The zero-order chi connectivity index (χ0) is 21.5. The van der Waals surface area contributed by atoms with Crippen molar-refractivity contribution in [1.29, 1.82) is 0 Å². The fraction of sp³-hybridized carbons (Fsp3) is 0.346. The highest BCUT2D eigenvalue weighted by molar-refractivity contribution is 6.19. The van der Waals surface area contributed by atoms with Gasteiger partial charge < -0.3 is 9.57 Å². The molecule has 0 unspecified atom stereocenters. The van der Waals surface area contributed by atoms with E-state index < -0.39 is 0 Å². The summed E-state index contributed by atoms with van der Waals surface area (Å²) in [4.78, 5) is 8.26. The smallest absolute Gasteiger partial charge is 0.129 e. The minimum atomic E-state index is 0.469. The number of nitrogens with zero attached hydrogens (tertiary/aromatic N) is 2. The van der Waals surface area contributed by atoms with Gasteiger partial charge in [0.1, 0.15) is 18.1 Å². The van der Waals surface area contributed by atoms with E-state index in [-0.39, 0.29) is 0 Å². The van der Waals surface area contributed by atoms with Crippen LogP contribution in [0.3, 0.4) is 0 Å². The standard InChI is InChI=1S/C26H32N2O2/c1-19(2)28(20(3)4)17-18-30-27-26(22-13-15-23(29-5)16-14-22)25-12-8-10-21-9-6-7-11-24(21)25/h6-16,19-20H,17-18H2,1-5H3/b27-26-. The van der Waals surface area contributed by atoms with Crippen LogP contribution < -0.4 is 4.74 Å². The average Bonchev–Trinajstić information content (AvgIpc) is 2.75. The largest absolute Gasteiger partial charge is 0.497 e. The number of benzene rings is 3. The lowest BCUT2D eigenvalue weighted by molar-refractivity contribution is 0.0830. The van der Waals surface area contributed by atoms with E-state index in [0.29, 0.717) is 18.7 Å². The summed E-state index contributed by atoms with van der Waals surface area (Å²) in [7, 11) is 1.67. The molecule has 0 aromatic heterocycles. The number of methoxy groups -OCH3 is 1. The Morgan fingerprint density at radius 2 is 1.53 bits per heavy atom. The first-order valence-electron chi connectivity index (χ1n) is 10.6. The van der Waals surface area contributed by atoms with Gasteiger partial charge in [-0.2, -0.15) is 0 Å². The Labute approximate surface area is 180 Å². The topological polar surface area (TPSA) is 34.1 Å². The first-order chi connectivity index (χ1) is 14.5. The third kappa shape index (κ3) is 5.19. The van der Waals surface area contributed by atoms with E-state index in [1.54, 1.807) is 7.11 Å². The highest BCUT2D eigenvalue weighted by Gasteiger charge is 2.14. The molecule has 0 heterocycles. The van der Waals surface area contributed by atoms with E-state index in [9.17, 15) is 0 Å². The third-order valence-electron chi connectivity index (χ3n) is 5.33. The fourth-order valence-corrected chi connectivity index (χ4v) is 3.81. The summed E-state index contributed by atoms with van der Waals surface area (Å²) in [6, 6.07) is 23.5. The molecule has 0 bridgehead atoms. The van der Waals surface area contributed by atoms with Gasteiger partial charge in [0.05, 0.1) is 7.11 Å². The van der Waals surface area contributed by atoms with Crippen molar-refractivity contribution >= 4 is 16.5 Å². The molecular formula is C26H32N2O2. The van der Waals surface area contributed by atoms with Gasteiger partial charge in [-0.15, -0.1) is 0 Å². The van der Waals surface area contributed by atoms with E-state index in [2.05, 4.69) is 80.2 Å². The summed E-state index contributed by atoms with van der Waals surface area (Å²) >= 11 is 0. The van der Waals surface area contributed by atoms with Crippen LogP contribution in [0.5, 0.6) is 5.75 Å². The Hall–Kier alpha value is -2.85. The molecule has 3 aromatic carbocycles. The fourth-order valence-electron chi connectivity index (χ4n) is 3.81. The predicted molar refractivity (Wildman–Crippen MR) is 126 cm³/mol. The number of hydrogen-bond donors (Lipinski definition) is 0. The maximum atomic E-state index is 5.86. The van der Waals surface area contributed by atoms with E-state index in [1.165, 1.54) is 5.39 Å². The molecule has 0 aliphatic heterocycles. The Kier molecular flexibility index (Phi) is 7.47. The van der Waals surface area contributed by atoms with Gasteiger partial charge in [-0.05, 0) is 62.7 Å². The van der Waals surface area contributed by atoms with E-state index in [0.717, 1.165) is 34.5 Å². The molecule has 0 radical (unpaired) electrons. The molecule has 4 heteroatoms. The van der Waals surface area contributed by atoms with Crippen molar-refractivity contribution in [2.24, 2.45) is 5.16 Å². The van der Waals surface area contributed by atoms with Crippen LogP contribution in [-0.2, 0) is 4.84 Å². The quantitative estimate of drug-likeness (QED) is 0.259. The molecule has 0 spiro atoms. The molecule has 0 saturated carbocycles. The van der Waals surface area contributed by atoms with Crippen LogP contribution in [0, 0.1) is 0 Å². The van der Waals surface area contributed by atoms with Gasteiger partial charge >= 0.3 is 0 Å². The normalized spacial score (nSPS) is 12.2. The minimum absolute atomic E-state index is 0.469. The molecule has 0 atom stereocenters. The first kappa shape index (κ1) is 21.8. The Balaban J connectivity index is 1.92. The molecule has 4 nitrogen and oxygen atoms in total. The van der Waals surface area contributed by atoms with Crippen LogP contribution in [0.4, 0.5) is 0 Å². The SMILES string of the molecule is COc1ccc(/C(=N/OCCN(C(C)C)C(C)C)c2cccc3ccccc23)cc1. The molecule has 0 aliphatic rings. The lowest BCUT2D eigenvalue weighted by atomic mass is 9.96. The van der Waals surface area contributed by atoms with Crippen molar-refractivity contribution in [3.05, 3.63) is 77.9 Å². The van der Waals surface area contributed by atoms with Crippen LogP contribution in [0.15, 0.2) is 71.9 Å². The highest BCUT2D eigenvalue weighted by Crippen LogP contribution is 2.23. The lowest BCUT2D eigenvalue weighted by Gasteiger charge is -2.29. The average molecular weight is 405 g/mol. The summed E-state index contributed by atoms with van der Waals surface area (Å²) in [6.07, 6.45) is 0. The molecule has 0 aliphatic carbocycles. The summed E-state index contributed by atoms with van der Waals surface area (Å²) in [6.45, 7) is 10.2. The van der Waals surface area contributed by atoms with E-state index in [4.69, 9.17) is 9.57 Å². The maximum Gasteiger partial charge on any atom is 0.129 e. The highest BCUT2D eigenvalue weighted by atomic mass is 16.6. The van der Waals surface area contributed by atoms with Gasteiger partial charge in [-0.25, -0.2) is 0 Å². The van der Waals surface area contributed by atoms with Crippen molar-refractivity contribution in [2.45, 2.75) is 39.8 Å². The number of rotatable bonds is 9. The summed E-state index contributed by atoms with van der Waals surface area (Å²) in [5.74, 6) is 0.821. The van der Waals surface area contributed by atoms with Crippen molar-refractivity contribution < 1.29 is 9.57 Å². The van der Waals surface area contributed by atoms with Crippen molar-refractivity contribution in [3.8, 4) is 5.75 Å². The van der Waals surface area contributed by atoms with Crippen molar-refractivity contribution in [1.82, 2.24) is 4.90 Å². The van der Waals surface area contributed by atoms with Crippen LogP contribution in [0.25, 0.3) is 10.8 Å². The zero-order valence-corrected chi connectivity index (χ0v) is 18.6. The number of oxime groups is 1. The van der Waals surface area contributed by atoms with E-state index in [1.807, 2.05) is 24.3 Å². The number of hydrogen-bond acceptors (Lipinski definition) is 4. The lowest BCUT2D eigenvalue weighted by Crippen LogP contribution is -2.39. The predicted octanol–water partition coefficient (Wildman–Crippen LogP) is 5.74. The Bertz CT molecular complexity index is 964. The molecular weight excluding hydrogens is 372 g/mol. The monoisotopic (exact) mass is 404 g/mol. The second kappa shape index (κ2) is 10.3. The molecule has 3 rings (SSSR count). The minimum Gasteiger partial charge on any atom is -0.497 e. The molecule has 30 heavy (non-hydrogen) atoms. The molecule has 0 amide bonds. The molecule has 3 aromatic rings. The van der Waals surface area contributed by atoms with Gasteiger partial charge in [-0.1, -0.05) is 47.6 Å². The molecule has 0 saturated heterocycles. The molecule has 158 valence electrons. The van der Waals surface area contributed by atoms with Crippen LogP contribution in [0.1, 0.15) is 38.8 Å². The maximum absolute atomic E-state index is 5.86. The third-order valence-corrected chi connectivity index (χ3v) is 5.33. The zero-order valence-electron chi connectivity index (χ0n) is 18.6. The van der Waals surface area contributed by atoms with Gasteiger partial charge in [-0.3, -0.25) is 4.90 Å².